The van der Waals surface area contributed by atoms with Gasteiger partial charge in [-0.2, -0.15) is 0 Å². The molecule has 0 unspecified atom stereocenters. The third kappa shape index (κ3) is 3.71. The van der Waals surface area contributed by atoms with E-state index in [1.165, 1.54) is 5.56 Å². The first-order chi connectivity index (χ1) is 11.1. The summed E-state index contributed by atoms with van der Waals surface area (Å²) in [7, 11) is 0. The van der Waals surface area contributed by atoms with Crippen molar-refractivity contribution in [2.75, 3.05) is 31.9 Å². The summed E-state index contributed by atoms with van der Waals surface area (Å²) in [6.07, 6.45) is 0. The number of benzene rings is 2. The van der Waals surface area contributed by atoms with Crippen LogP contribution in [0.5, 0.6) is 0 Å². The van der Waals surface area contributed by atoms with E-state index in [2.05, 4.69) is 17.0 Å². The Balaban J connectivity index is 1.57. The van der Waals surface area contributed by atoms with Crippen molar-refractivity contribution in [3.63, 3.8) is 0 Å². The van der Waals surface area contributed by atoms with Crippen LogP contribution < -0.4 is 5.73 Å². The highest BCUT2D eigenvalue weighted by Gasteiger charge is 2.22. The molecule has 2 aromatic carbocycles. The number of carbonyl (C=O) groups excluding carboxylic acids is 1. The summed E-state index contributed by atoms with van der Waals surface area (Å²) in [5, 5.41) is 0. The number of nitrogens with two attached hydrogens (primary N) is 1. The van der Waals surface area contributed by atoms with Gasteiger partial charge < -0.3 is 10.6 Å². The third-order valence-corrected chi connectivity index (χ3v) is 4.42. The standard InChI is InChI=1S/C19H23N3O/c1-15-4-2-3-5-18(15)19(23)22-12-10-21(11-13-22)14-16-6-8-17(20)9-7-16/h2-9H,10-14,20H2,1H3. The van der Waals surface area contributed by atoms with Gasteiger partial charge >= 0.3 is 0 Å². The lowest BCUT2D eigenvalue weighted by molar-refractivity contribution is 0.0628. The van der Waals surface area contributed by atoms with Crippen molar-refractivity contribution >= 4 is 11.6 Å². The van der Waals surface area contributed by atoms with Gasteiger partial charge in [0.1, 0.15) is 0 Å². The molecule has 2 aromatic rings. The van der Waals surface area contributed by atoms with Gasteiger partial charge in [0.25, 0.3) is 5.91 Å². The molecule has 1 fully saturated rings. The Bertz CT molecular complexity index is 673. The average molecular weight is 309 g/mol. The van der Waals surface area contributed by atoms with Gasteiger partial charge in [0.15, 0.2) is 0 Å². The molecule has 0 bridgehead atoms. The summed E-state index contributed by atoms with van der Waals surface area (Å²) in [6, 6.07) is 15.8. The first kappa shape index (κ1) is 15.6. The van der Waals surface area contributed by atoms with E-state index in [-0.39, 0.29) is 5.91 Å². The van der Waals surface area contributed by atoms with Crippen molar-refractivity contribution < 1.29 is 4.79 Å². The number of nitrogens with zero attached hydrogens (tertiary/aromatic N) is 2. The fraction of sp³-hybridized carbons (Fsp3) is 0.316. The maximum absolute atomic E-state index is 12.6. The quantitative estimate of drug-likeness (QED) is 0.887. The zero-order valence-electron chi connectivity index (χ0n) is 13.5. The van der Waals surface area contributed by atoms with Crippen LogP contribution in [0.2, 0.25) is 0 Å². The number of carbonyl (C=O) groups is 1. The minimum absolute atomic E-state index is 0.148. The molecule has 0 atom stereocenters. The van der Waals surface area contributed by atoms with E-state index >= 15 is 0 Å². The van der Waals surface area contributed by atoms with Crippen molar-refractivity contribution in [2.24, 2.45) is 0 Å². The second kappa shape index (κ2) is 6.84. The fourth-order valence-corrected chi connectivity index (χ4v) is 2.97. The molecule has 3 rings (SSSR count). The summed E-state index contributed by atoms with van der Waals surface area (Å²) in [5.74, 6) is 0.148. The molecule has 4 nitrogen and oxygen atoms in total. The predicted molar refractivity (Wildman–Crippen MR) is 93.2 cm³/mol. The number of piperazine rings is 1. The number of anilines is 1. The number of rotatable bonds is 3. The SMILES string of the molecule is Cc1ccccc1C(=O)N1CCN(Cc2ccc(N)cc2)CC1. The Morgan fingerprint density at radius 1 is 1.00 bits per heavy atom. The van der Waals surface area contributed by atoms with Crippen LogP contribution in [0.15, 0.2) is 48.5 Å². The van der Waals surface area contributed by atoms with E-state index in [9.17, 15) is 4.79 Å². The molecule has 1 saturated heterocycles. The normalized spacial score (nSPS) is 15.6. The van der Waals surface area contributed by atoms with Gasteiger partial charge in [0, 0.05) is 44.0 Å². The minimum Gasteiger partial charge on any atom is -0.399 e. The Hall–Kier alpha value is -2.33. The van der Waals surface area contributed by atoms with Crippen LogP contribution in [0.3, 0.4) is 0 Å². The Kier molecular flexibility index (Phi) is 4.63. The lowest BCUT2D eigenvalue weighted by atomic mass is 10.1. The van der Waals surface area contributed by atoms with Crippen LogP contribution in [0, 0.1) is 6.92 Å². The van der Waals surface area contributed by atoms with E-state index in [1.807, 2.05) is 48.2 Å². The molecule has 1 heterocycles. The first-order valence-electron chi connectivity index (χ1n) is 8.05. The maximum Gasteiger partial charge on any atom is 0.254 e. The number of nitrogen functional groups attached to an aromatic ring is 1. The molecular weight excluding hydrogens is 286 g/mol. The zero-order valence-corrected chi connectivity index (χ0v) is 13.5. The highest BCUT2D eigenvalue weighted by Crippen LogP contribution is 2.14. The number of hydrogen-bond donors (Lipinski definition) is 1. The van der Waals surface area contributed by atoms with Gasteiger partial charge in [-0.05, 0) is 36.2 Å². The van der Waals surface area contributed by atoms with E-state index < -0.39 is 0 Å². The molecule has 0 saturated carbocycles. The van der Waals surface area contributed by atoms with E-state index in [0.29, 0.717) is 0 Å². The molecule has 0 aliphatic carbocycles. The summed E-state index contributed by atoms with van der Waals surface area (Å²) in [5.41, 5.74) is 9.64. The monoisotopic (exact) mass is 309 g/mol. The minimum atomic E-state index is 0.148. The number of aryl methyl sites for hydroxylation is 1. The highest BCUT2D eigenvalue weighted by atomic mass is 16.2. The van der Waals surface area contributed by atoms with Gasteiger partial charge in [0.05, 0.1) is 0 Å². The molecule has 0 aromatic heterocycles. The number of amides is 1. The molecule has 0 radical (unpaired) electrons. The van der Waals surface area contributed by atoms with Crippen LogP contribution in [-0.4, -0.2) is 41.9 Å². The Morgan fingerprint density at radius 3 is 2.30 bits per heavy atom. The van der Waals surface area contributed by atoms with Gasteiger partial charge in [-0.1, -0.05) is 30.3 Å². The maximum atomic E-state index is 12.6. The molecule has 120 valence electrons. The molecule has 2 N–H and O–H groups in total. The van der Waals surface area contributed by atoms with Crippen molar-refractivity contribution in [2.45, 2.75) is 13.5 Å². The first-order valence-corrected chi connectivity index (χ1v) is 8.05. The number of hydrogen-bond acceptors (Lipinski definition) is 3. The van der Waals surface area contributed by atoms with Crippen LogP contribution in [0.1, 0.15) is 21.5 Å². The van der Waals surface area contributed by atoms with Crippen LogP contribution in [0.4, 0.5) is 5.69 Å². The molecule has 1 aliphatic rings. The van der Waals surface area contributed by atoms with E-state index in [4.69, 9.17) is 5.73 Å². The molecule has 1 amide bonds. The Morgan fingerprint density at radius 2 is 1.65 bits per heavy atom. The summed E-state index contributed by atoms with van der Waals surface area (Å²) < 4.78 is 0. The second-order valence-electron chi connectivity index (χ2n) is 6.12. The lowest BCUT2D eigenvalue weighted by Crippen LogP contribution is -2.48. The average Bonchev–Trinajstić information content (AvgIpc) is 2.57. The van der Waals surface area contributed by atoms with Crippen molar-refractivity contribution in [1.29, 1.82) is 0 Å². The van der Waals surface area contributed by atoms with Crippen LogP contribution in [-0.2, 0) is 6.54 Å². The topological polar surface area (TPSA) is 49.6 Å². The second-order valence-corrected chi connectivity index (χ2v) is 6.12. The summed E-state index contributed by atoms with van der Waals surface area (Å²) in [6.45, 7) is 6.27. The molecule has 4 heteroatoms. The predicted octanol–water partition coefficient (Wildman–Crippen LogP) is 2.54. The highest BCUT2D eigenvalue weighted by molar-refractivity contribution is 5.95. The largest absolute Gasteiger partial charge is 0.399 e. The smallest absolute Gasteiger partial charge is 0.254 e. The third-order valence-electron chi connectivity index (χ3n) is 4.42. The summed E-state index contributed by atoms with van der Waals surface area (Å²) in [4.78, 5) is 17.0. The van der Waals surface area contributed by atoms with Crippen molar-refractivity contribution in [3.8, 4) is 0 Å². The van der Waals surface area contributed by atoms with Crippen LogP contribution >= 0.6 is 0 Å². The lowest BCUT2D eigenvalue weighted by Gasteiger charge is -2.35. The van der Waals surface area contributed by atoms with Gasteiger partial charge in [-0.3, -0.25) is 9.69 Å². The van der Waals surface area contributed by atoms with Crippen molar-refractivity contribution in [1.82, 2.24) is 9.80 Å². The van der Waals surface area contributed by atoms with Gasteiger partial charge in [-0.15, -0.1) is 0 Å². The van der Waals surface area contributed by atoms with Crippen molar-refractivity contribution in [3.05, 3.63) is 65.2 Å². The molecular formula is C19H23N3O. The molecule has 1 aliphatic heterocycles. The molecule has 23 heavy (non-hydrogen) atoms. The van der Waals surface area contributed by atoms with E-state index in [1.54, 1.807) is 0 Å². The van der Waals surface area contributed by atoms with E-state index in [0.717, 1.165) is 49.5 Å². The Labute approximate surface area is 137 Å². The zero-order chi connectivity index (χ0) is 16.2. The van der Waals surface area contributed by atoms with Gasteiger partial charge in [0.2, 0.25) is 0 Å². The summed E-state index contributed by atoms with van der Waals surface area (Å²) >= 11 is 0. The van der Waals surface area contributed by atoms with Crippen LogP contribution in [0.25, 0.3) is 0 Å². The fourth-order valence-electron chi connectivity index (χ4n) is 2.97. The van der Waals surface area contributed by atoms with Gasteiger partial charge in [-0.25, -0.2) is 0 Å². The molecule has 0 spiro atoms.